The SMILES string of the molecule is Cc1cc(C(=O)N[C@@H]2[C@@H](c3ccc(S(N)(=O)=O)cc3)C2(C)C)no1. The summed E-state index contributed by atoms with van der Waals surface area (Å²) < 4.78 is 27.6. The lowest BCUT2D eigenvalue weighted by Gasteiger charge is -2.04. The molecule has 2 aromatic rings. The van der Waals surface area contributed by atoms with Gasteiger partial charge in [-0.15, -0.1) is 0 Å². The van der Waals surface area contributed by atoms with Crippen LogP contribution in [0.15, 0.2) is 39.8 Å². The van der Waals surface area contributed by atoms with Gasteiger partial charge in [0.1, 0.15) is 5.76 Å². The Hall–Kier alpha value is -2.19. The monoisotopic (exact) mass is 349 g/mol. The van der Waals surface area contributed by atoms with E-state index in [4.69, 9.17) is 9.66 Å². The van der Waals surface area contributed by atoms with E-state index < -0.39 is 10.0 Å². The van der Waals surface area contributed by atoms with E-state index >= 15 is 0 Å². The normalized spacial score (nSPS) is 22.2. The number of carbonyl (C=O) groups excluding carboxylic acids is 1. The summed E-state index contributed by atoms with van der Waals surface area (Å²) in [6.07, 6.45) is 0. The summed E-state index contributed by atoms with van der Waals surface area (Å²) in [5.41, 5.74) is 1.06. The number of sulfonamides is 1. The largest absolute Gasteiger partial charge is 0.361 e. The van der Waals surface area contributed by atoms with Crippen LogP contribution in [0, 0.1) is 12.3 Å². The van der Waals surface area contributed by atoms with E-state index in [1.165, 1.54) is 12.1 Å². The van der Waals surface area contributed by atoms with Gasteiger partial charge < -0.3 is 9.84 Å². The van der Waals surface area contributed by atoms with Gasteiger partial charge in [0.05, 0.1) is 4.90 Å². The van der Waals surface area contributed by atoms with Crippen LogP contribution in [-0.2, 0) is 10.0 Å². The van der Waals surface area contributed by atoms with Crippen LogP contribution in [-0.4, -0.2) is 25.5 Å². The van der Waals surface area contributed by atoms with Crippen molar-refractivity contribution in [2.24, 2.45) is 10.6 Å². The number of carbonyl (C=O) groups is 1. The van der Waals surface area contributed by atoms with Crippen molar-refractivity contribution in [2.75, 3.05) is 0 Å². The Morgan fingerprint density at radius 3 is 2.42 bits per heavy atom. The molecule has 1 aromatic heterocycles. The second-order valence-corrected chi connectivity index (χ2v) is 8.25. The van der Waals surface area contributed by atoms with Gasteiger partial charge in [-0.3, -0.25) is 4.79 Å². The standard InChI is InChI=1S/C16H19N3O4S/c1-9-8-12(19-23-9)15(20)18-14-13(16(14,2)3)10-4-6-11(7-5-10)24(17,21)22/h4-8,13-14H,1-3H3,(H,18,20)(H2,17,21,22)/t13-,14-/m1/s1. The second-order valence-electron chi connectivity index (χ2n) is 6.69. The predicted octanol–water partition coefficient (Wildman–Crippen LogP) is 1.55. The van der Waals surface area contributed by atoms with Crippen molar-refractivity contribution in [1.29, 1.82) is 0 Å². The molecular formula is C16H19N3O4S. The van der Waals surface area contributed by atoms with Crippen LogP contribution in [0.5, 0.6) is 0 Å². The van der Waals surface area contributed by atoms with Crippen LogP contribution < -0.4 is 10.5 Å². The summed E-state index contributed by atoms with van der Waals surface area (Å²) in [6.45, 7) is 5.81. The summed E-state index contributed by atoms with van der Waals surface area (Å²) in [5, 5.41) is 11.8. The fourth-order valence-corrected chi connectivity index (χ4v) is 3.60. The zero-order valence-electron chi connectivity index (χ0n) is 13.6. The number of rotatable bonds is 4. The molecule has 1 fully saturated rings. The Labute approximate surface area is 140 Å². The average Bonchev–Trinajstić information content (AvgIpc) is 2.82. The van der Waals surface area contributed by atoms with E-state index in [0.29, 0.717) is 5.76 Å². The topological polar surface area (TPSA) is 115 Å². The first-order valence-electron chi connectivity index (χ1n) is 7.47. The Bertz CT molecular complexity index is 884. The van der Waals surface area contributed by atoms with Crippen LogP contribution in [0.1, 0.15) is 41.6 Å². The lowest BCUT2D eigenvalue weighted by atomic mass is 10.0. The van der Waals surface area contributed by atoms with Crippen molar-refractivity contribution >= 4 is 15.9 Å². The number of amides is 1. The molecule has 1 amide bonds. The zero-order valence-corrected chi connectivity index (χ0v) is 14.4. The van der Waals surface area contributed by atoms with E-state index in [-0.39, 0.29) is 33.9 Å². The van der Waals surface area contributed by atoms with Crippen LogP contribution >= 0.6 is 0 Å². The molecule has 0 unspecified atom stereocenters. The Kier molecular flexibility index (Phi) is 3.76. The number of nitrogens with two attached hydrogens (primary N) is 1. The van der Waals surface area contributed by atoms with E-state index in [1.807, 2.05) is 13.8 Å². The average molecular weight is 349 g/mol. The Morgan fingerprint density at radius 1 is 1.29 bits per heavy atom. The molecule has 1 aliphatic carbocycles. The fraction of sp³-hybridized carbons (Fsp3) is 0.375. The van der Waals surface area contributed by atoms with Crippen molar-refractivity contribution in [1.82, 2.24) is 10.5 Å². The van der Waals surface area contributed by atoms with Gasteiger partial charge in [-0.25, -0.2) is 13.6 Å². The molecule has 0 aliphatic heterocycles. The van der Waals surface area contributed by atoms with Gasteiger partial charge in [0.25, 0.3) is 5.91 Å². The van der Waals surface area contributed by atoms with Crippen molar-refractivity contribution in [3.63, 3.8) is 0 Å². The molecule has 3 N–H and O–H groups in total. The first kappa shape index (κ1) is 16.7. The molecule has 1 heterocycles. The molecule has 1 saturated carbocycles. The Balaban J connectivity index is 1.76. The molecular weight excluding hydrogens is 330 g/mol. The molecule has 0 spiro atoms. The molecule has 3 rings (SSSR count). The lowest BCUT2D eigenvalue weighted by molar-refractivity contribution is 0.0936. The van der Waals surface area contributed by atoms with Gasteiger partial charge in [-0.1, -0.05) is 31.1 Å². The van der Waals surface area contributed by atoms with Gasteiger partial charge in [-0.05, 0) is 30.0 Å². The molecule has 0 bridgehead atoms. The molecule has 0 saturated heterocycles. The minimum absolute atomic E-state index is 0.0673. The first-order chi connectivity index (χ1) is 11.1. The number of benzene rings is 1. The number of aryl methyl sites for hydroxylation is 1. The third kappa shape index (κ3) is 2.94. The fourth-order valence-electron chi connectivity index (χ4n) is 3.08. The summed E-state index contributed by atoms with van der Waals surface area (Å²) in [4.78, 5) is 12.3. The highest BCUT2D eigenvalue weighted by Gasteiger charge is 2.59. The van der Waals surface area contributed by atoms with Gasteiger partial charge in [0.2, 0.25) is 10.0 Å². The van der Waals surface area contributed by atoms with Crippen LogP contribution in [0.4, 0.5) is 0 Å². The van der Waals surface area contributed by atoms with E-state index in [1.54, 1.807) is 25.1 Å². The van der Waals surface area contributed by atoms with Gasteiger partial charge in [0.15, 0.2) is 5.69 Å². The number of hydrogen-bond donors (Lipinski definition) is 2. The smallest absolute Gasteiger partial charge is 0.273 e. The highest BCUT2D eigenvalue weighted by Crippen LogP contribution is 2.58. The van der Waals surface area contributed by atoms with Crippen molar-refractivity contribution in [2.45, 2.75) is 37.6 Å². The first-order valence-corrected chi connectivity index (χ1v) is 9.02. The third-order valence-electron chi connectivity index (χ3n) is 4.54. The molecule has 128 valence electrons. The molecule has 0 radical (unpaired) electrons. The van der Waals surface area contributed by atoms with E-state index in [0.717, 1.165) is 5.56 Å². The van der Waals surface area contributed by atoms with E-state index in [9.17, 15) is 13.2 Å². The number of nitrogens with zero attached hydrogens (tertiary/aromatic N) is 1. The molecule has 1 aromatic carbocycles. The van der Waals surface area contributed by atoms with Crippen molar-refractivity contribution in [3.8, 4) is 0 Å². The maximum Gasteiger partial charge on any atom is 0.273 e. The Morgan fingerprint density at radius 2 is 1.92 bits per heavy atom. The molecule has 24 heavy (non-hydrogen) atoms. The highest BCUT2D eigenvalue weighted by molar-refractivity contribution is 7.89. The van der Waals surface area contributed by atoms with Crippen molar-refractivity contribution < 1.29 is 17.7 Å². The number of hydrogen-bond acceptors (Lipinski definition) is 5. The maximum absolute atomic E-state index is 12.2. The number of aromatic nitrogens is 1. The second kappa shape index (κ2) is 5.42. The molecule has 2 atom stereocenters. The minimum Gasteiger partial charge on any atom is -0.361 e. The summed E-state index contributed by atoms with van der Waals surface area (Å²) >= 11 is 0. The predicted molar refractivity (Wildman–Crippen MR) is 86.8 cm³/mol. The molecule has 1 aliphatic rings. The number of nitrogens with one attached hydrogen (secondary N) is 1. The highest BCUT2D eigenvalue weighted by atomic mass is 32.2. The number of primary sulfonamides is 1. The molecule has 8 heteroatoms. The summed E-state index contributed by atoms with van der Waals surface area (Å²) in [6, 6.07) is 7.96. The zero-order chi connectivity index (χ0) is 17.7. The van der Waals surface area contributed by atoms with Gasteiger partial charge in [0, 0.05) is 18.0 Å². The third-order valence-corrected chi connectivity index (χ3v) is 5.47. The minimum atomic E-state index is -3.71. The maximum atomic E-state index is 12.2. The molecule has 7 nitrogen and oxygen atoms in total. The van der Waals surface area contributed by atoms with E-state index in [2.05, 4.69) is 10.5 Å². The van der Waals surface area contributed by atoms with Crippen molar-refractivity contribution in [3.05, 3.63) is 47.3 Å². The lowest BCUT2D eigenvalue weighted by Crippen LogP contribution is -2.29. The van der Waals surface area contributed by atoms with Crippen LogP contribution in [0.25, 0.3) is 0 Å². The van der Waals surface area contributed by atoms with Crippen LogP contribution in [0.3, 0.4) is 0 Å². The van der Waals surface area contributed by atoms with Gasteiger partial charge in [-0.2, -0.15) is 0 Å². The summed E-state index contributed by atoms with van der Waals surface area (Å²) in [5.74, 6) is 0.378. The summed E-state index contributed by atoms with van der Waals surface area (Å²) in [7, 11) is -3.71. The quantitative estimate of drug-likeness (QED) is 0.869. The van der Waals surface area contributed by atoms with Crippen LogP contribution in [0.2, 0.25) is 0 Å². The van der Waals surface area contributed by atoms with Gasteiger partial charge >= 0.3 is 0 Å².